The Morgan fingerprint density at radius 2 is 0.746 bits per heavy atom. The molecule has 3 rings (SSSR count). The van der Waals surface area contributed by atoms with Crippen molar-refractivity contribution in [1.29, 1.82) is 0 Å². The number of hydrogen-bond acceptors (Lipinski definition) is 6. The predicted octanol–water partition coefficient (Wildman–Crippen LogP) is 16.6. The highest BCUT2D eigenvalue weighted by Crippen LogP contribution is 2.31. The van der Waals surface area contributed by atoms with E-state index in [1.165, 1.54) is 167 Å². The Labute approximate surface area is 360 Å². The van der Waals surface area contributed by atoms with Gasteiger partial charge in [0.15, 0.2) is 0 Å². The number of aromatic hydroxyl groups is 2. The smallest absolute Gasteiger partial charge is 0.128 e. The van der Waals surface area contributed by atoms with Crippen molar-refractivity contribution in [3.63, 3.8) is 0 Å². The molecular weight excluding hydrogens is 729 g/mol. The van der Waals surface area contributed by atoms with Crippen LogP contribution < -0.4 is 9.47 Å². The summed E-state index contributed by atoms with van der Waals surface area (Å²) in [6, 6.07) is 16.6. The summed E-state index contributed by atoms with van der Waals surface area (Å²) in [5.41, 5.74) is 3.60. The normalized spacial score (nSPS) is 11.6. The van der Waals surface area contributed by atoms with E-state index >= 15 is 0 Å². The molecule has 0 bridgehead atoms. The SMILES string of the molecule is CCCCCCCCCCCCCCCCOc1ccc(C=Nc2ccc(C)cc2N=Cc2ccc(OCCCCCCCCCCCCCCCC)cc2O)c(O)c1. The van der Waals surface area contributed by atoms with Crippen LogP contribution in [0.25, 0.3) is 0 Å². The lowest BCUT2D eigenvalue weighted by atomic mass is 10.0. The van der Waals surface area contributed by atoms with E-state index < -0.39 is 0 Å². The van der Waals surface area contributed by atoms with Gasteiger partial charge in [0, 0.05) is 35.7 Å². The molecule has 59 heavy (non-hydrogen) atoms. The second-order valence-electron chi connectivity index (χ2n) is 16.8. The Hall–Kier alpha value is -3.80. The van der Waals surface area contributed by atoms with Gasteiger partial charge in [-0.1, -0.05) is 187 Å². The molecule has 0 saturated carbocycles. The molecular formula is C53H82N2O4. The van der Waals surface area contributed by atoms with Crippen molar-refractivity contribution in [2.75, 3.05) is 13.2 Å². The highest BCUT2D eigenvalue weighted by atomic mass is 16.5. The first-order valence-corrected chi connectivity index (χ1v) is 24.1. The largest absolute Gasteiger partial charge is 0.507 e. The van der Waals surface area contributed by atoms with Gasteiger partial charge in [0.1, 0.15) is 23.0 Å². The molecule has 0 atom stereocenters. The van der Waals surface area contributed by atoms with Gasteiger partial charge in [0.2, 0.25) is 0 Å². The predicted molar refractivity (Wildman–Crippen MR) is 254 cm³/mol. The number of unbranched alkanes of at least 4 members (excludes halogenated alkanes) is 26. The van der Waals surface area contributed by atoms with Crippen LogP contribution >= 0.6 is 0 Å². The van der Waals surface area contributed by atoms with Gasteiger partial charge in [0.25, 0.3) is 0 Å². The number of nitrogens with zero attached hydrogens (tertiary/aromatic N) is 2. The average molecular weight is 811 g/mol. The first-order valence-electron chi connectivity index (χ1n) is 24.1. The zero-order valence-corrected chi connectivity index (χ0v) is 37.7. The molecule has 0 saturated heterocycles. The third-order valence-corrected chi connectivity index (χ3v) is 11.4. The van der Waals surface area contributed by atoms with Crippen LogP contribution in [0.15, 0.2) is 64.6 Å². The molecule has 328 valence electrons. The van der Waals surface area contributed by atoms with Crippen LogP contribution in [0.3, 0.4) is 0 Å². The third-order valence-electron chi connectivity index (χ3n) is 11.4. The van der Waals surface area contributed by atoms with Gasteiger partial charge >= 0.3 is 0 Å². The molecule has 0 amide bonds. The van der Waals surface area contributed by atoms with Gasteiger partial charge in [0.05, 0.1) is 24.6 Å². The minimum Gasteiger partial charge on any atom is -0.507 e. The average Bonchev–Trinajstić information content (AvgIpc) is 3.23. The first kappa shape index (κ1) is 49.6. The highest BCUT2D eigenvalue weighted by molar-refractivity contribution is 5.89. The molecule has 0 aliphatic rings. The van der Waals surface area contributed by atoms with Gasteiger partial charge in [-0.3, -0.25) is 9.98 Å². The lowest BCUT2D eigenvalue weighted by Crippen LogP contribution is -1.97. The fourth-order valence-electron chi connectivity index (χ4n) is 7.54. The van der Waals surface area contributed by atoms with E-state index in [9.17, 15) is 10.2 Å². The summed E-state index contributed by atoms with van der Waals surface area (Å²) in [4.78, 5) is 9.36. The lowest BCUT2D eigenvalue weighted by Gasteiger charge is -2.08. The van der Waals surface area contributed by atoms with Crippen LogP contribution in [0.1, 0.15) is 210 Å². The summed E-state index contributed by atoms with van der Waals surface area (Å²) < 4.78 is 11.9. The van der Waals surface area contributed by atoms with E-state index in [1.54, 1.807) is 24.6 Å². The maximum absolute atomic E-state index is 10.7. The second-order valence-corrected chi connectivity index (χ2v) is 16.8. The van der Waals surface area contributed by atoms with Crippen LogP contribution in [0.4, 0.5) is 11.4 Å². The zero-order valence-electron chi connectivity index (χ0n) is 37.7. The molecule has 0 radical (unpaired) electrons. The van der Waals surface area contributed by atoms with Crippen molar-refractivity contribution in [1.82, 2.24) is 0 Å². The quantitative estimate of drug-likeness (QED) is 0.0452. The highest BCUT2D eigenvalue weighted by Gasteiger charge is 2.07. The molecule has 3 aromatic rings. The number of aliphatic imine (C=N–C) groups is 2. The Morgan fingerprint density at radius 3 is 1.10 bits per heavy atom. The summed E-state index contributed by atoms with van der Waals surface area (Å²) in [5.74, 6) is 1.59. The number of phenolic OH excluding ortho intramolecular Hbond substituents is 2. The van der Waals surface area contributed by atoms with E-state index in [0.29, 0.717) is 47.2 Å². The van der Waals surface area contributed by atoms with E-state index in [-0.39, 0.29) is 11.5 Å². The lowest BCUT2D eigenvalue weighted by molar-refractivity contribution is 0.302. The van der Waals surface area contributed by atoms with Crippen LogP contribution in [0.2, 0.25) is 0 Å². The molecule has 0 fully saturated rings. The molecule has 0 unspecified atom stereocenters. The van der Waals surface area contributed by atoms with Crippen LogP contribution in [0.5, 0.6) is 23.0 Å². The number of benzene rings is 3. The number of phenols is 2. The first-order chi connectivity index (χ1) is 29.0. The van der Waals surface area contributed by atoms with Crippen molar-refractivity contribution < 1.29 is 19.7 Å². The Morgan fingerprint density at radius 1 is 0.407 bits per heavy atom. The van der Waals surface area contributed by atoms with Crippen molar-refractivity contribution in [2.24, 2.45) is 9.98 Å². The standard InChI is InChI=1S/C53H82N2O4/c1-4-6-8-10-12-14-16-18-20-22-24-26-28-30-38-58-48-35-33-46(52(56)41-48)43-54-50-37-32-45(3)40-51(50)55-44-47-34-36-49(42-53(47)57)59-39-31-29-27-25-23-21-19-17-15-13-11-9-7-5-2/h32-37,40-44,56-57H,4-31,38-39H2,1-3H3. The van der Waals surface area contributed by atoms with Gasteiger partial charge < -0.3 is 19.7 Å². The number of rotatable bonds is 36. The molecule has 0 spiro atoms. The molecule has 6 heteroatoms. The van der Waals surface area contributed by atoms with Crippen molar-refractivity contribution in [3.05, 3.63) is 71.3 Å². The summed E-state index contributed by atoms with van der Waals surface area (Å²) in [6.07, 6.45) is 40.6. The second kappa shape index (κ2) is 33.0. The molecule has 2 N–H and O–H groups in total. The summed E-state index contributed by atoms with van der Waals surface area (Å²) in [5, 5.41) is 21.5. The summed E-state index contributed by atoms with van der Waals surface area (Å²) in [7, 11) is 0. The minimum atomic E-state index is 0.126. The zero-order chi connectivity index (χ0) is 42.0. The minimum absolute atomic E-state index is 0.126. The van der Waals surface area contributed by atoms with E-state index in [2.05, 4.69) is 18.8 Å². The number of ether oxygens (including phenoxy) is 2. The van der Waals surface area contributed by atoms with E-state index in [0.717, 1.165) is 18.4 Å². The van der Waals surface area contributed by atoms with Gasteiger partial charge in [-0.05, 0) is 61.7 Å². The molecule has 0 aliphatic heterocycles. The number of aryl methyl sites for hydroxylation is 1. The third kappa shape index (κ3) is 23.5. The molecule has 0 heterocycles. The molecule has 0 aliphatic carbocycles. The van der Waals surface area contributed by atoms with Gasteiger partial charge in [-0.15, -0.1) is 0 Å². The van der Waals surface area contributed by atoms with E-state index in [1.807, 2.05) is 49.4 Å². The maximum atomic E-state index is 10.7. The number of hydrogen-bond donors (Lipinski definition) is 2. The van der Waals surface area contributed by atoms with Crippen LogP contribution in [-0.4, -0.2) is 35.9 Å². The van der Waals surface area contributed by atoms with E-state index in [4.69, 9.17) is 14.5 Å². The fraction of sp³-hybridized carbons (Fsp3) is 0.623. The summed E-state index contributed by atoms with van der Waals surface area (Å²) >= 11 is 0. The van der Waals surface area contributed by atoms with Crippen LogP contribution in [-0.2, 0) is 0 Å². The Bertz CT molecular complexity index is 1570. The van der Waals surface area contributed by atoms with Crippen LogP contribution in [0, 0.1) is 6.92 Å². The summed E-state index contributed by atoms with van der Waals surface area (Å²) in [6.45, 7) is 7.88. The monoisotopic (exact) mass is 811 g/mol. The van der Waals surface area contributed by atoms with Crippen molar-refractivity contribution >= 4 is 23.8 Å². The Kier molecular flexibility index (Phi) is 27.7. The van der Waals surface area contributed by atoms with Gasteiger partial charge in [-0.25, -0.2) is 0 Å². The topological polar surface area (TPSA) is 83.6 Å². The molecule has 3 aromatic carbocycles. The van der Waals surface area contributed by atoms with Crippen molar-refractivity contribution in [3.8, 4) is 23.0 Å². The Balaban J connectivity index is 1.32. The maximum Gasteiger partial charge on any atom is 0.128 e. The molecule has 6 nitrogen and oxygen atoms in total. The fourth-order valence-corrected chi connectivity index (χ4v) is 7.54. The molecule has 0 aromatic heterocycles. The van der Waals surface area contributed by atoms with Crippen molar-refractivity contribution in [2.45, 2.75) is 201 Å². The van der Waals surface area contributed by atoms with Gasteiger partial charge in [-0.2, -0.15) is 0 Å².